The lowest BCUT2D eigenvalue weighted by Gasteiger charge is -2.21. The largest absolute Gasteiger partial charge is 0.481 e. The van der Waals surface area contributed by atoms with E-state index < -0.39 is 17.5 Å². The van der Waals surface area contributed by atoms with Gasteiger partial charge < -0.3 is 14.4 Å². The number of rotatable bonds is 7. The second-order valence-corrected chi connectivity index (χ2v) is 8.45. The third-order valence-electron chi connectivity index (χ3n) is 6.33. The fourth-order valence-corrected chi connectivity index (χ4v) is 4.25. The fraction of sp³-hybridized carbons (Fsp3) is 0.179. The van der Waals surface area contributed by atoms with Crippen LogP contribution in [-0.2, 0) is 14.9 Å². The standard InChI is InChI=1S/C28H24N2O5/c1-2-34-27(33)30(23-6-4-3-5-7-23)24-18-29-35-25(24)21-10-8-19(9-11-21)20-12-14-22(15-13-20)28(16-17-28)26(31)32/h3-15,18H,2,16-17H2,1H3,(H,31,32). The van der Waals surface area contributed by atoms with Crippen LogP contribution >= 0.6 is 0 Å². The molecule has 1 aliphatic rings. The van der Waals surface area contributed by atoms with Crippen LogP contribution in [0.15, 0.2) is 89.6 Å². The number of nitrogens with zero attached hydrogens (tertiary/aromatic N) is 2. The summed E-state index contributed by atoms with van der Waals surface area (Å²) in [6.07, 6.45) is 2.35. The van der Waals surface area contributed by atoms with Gasteiger partial charge in [0.05, 0.1) is 23.9 Å². The van der Waals surface area contributed by atoms with E-state index in [1.54, 1.807) is 6.92 Å². The molecule has 1 aromatic heterocycles. The molecule has 35 heavy (non-hydrogen) atoms. The Hall–Kier alpha value is -4.39. The number of aromatic nitrogens is 1. The molecule has 1 heterocycles. The van der Waals surface area contributed by atoms with E-state index in [1.165, 1.54) is 11.1 Å². The number of carbonyl (C=O) groups excluding carboxylic acids is 1. The molecule has 1 fully saturated rings. The average molecular weight is 469 g/mol. The zero-order valence-electron chi connectivity index (χ0n) is 19.2. The summed E-state index contributed by atoms with van der Waals surface area (Å²) in [5, 5.41) is 13.5. The van der Waals surface area contributed by atoms with Crippen LogP contribution < -0.4 is 4.90 Å². The minimum atomic E-state index is -0.759. The SMILES string of the molecule is CCOC(=O)N(c1ccccc1)c1cnoc1-c1ccc(-c2ccc(C3(C(=O)O)CC3)cc2)cc1. The molecular weight excluding hydrogens is 444 g/mol. The van der Waals surface area contributed by atoms with Gasteiger partial charge in [0.15, 0.2) is 5.76 Å². The molecule has 3 aromatic carbocycles. The predicted molar refractivity (Wildman–Crippen MR) is 132 cm³/mol. The highest BCUT2D eigenvalue weighted by molar-refractivity contribution is 5.99. The number of amides is 1. The van der Waals surface area contributed by atoms with Gasteiger partial charge in [0.1, 0.15) is 5.69 Å². The molecule has 0 bridgehead atoms. The number of ether oxygens (including phenoxy) is 1. The third-order valence-corrected chi connectivity index (χ3v) is 6.33. The molecule has 0 radical (unpaired) electrons. The highest BCUT2D eigenvalue weighted by Crippen LogP contribution is 2.48. The quantitative estimate of drug-likeness (QED) is 0.336. The molecule has 7 heteroatoms. The maximum absolute atomic E-state index is 12.8. The van der Waals surface area contributed by atoms with Crippen LogP contribution in [0.25, 0.3) is 22.5 Å². The number of hydrogen-bond acceptors (Lipinski definition) is 5. The molecule has 0 saturated heterocycles. The lowest BCUT2D eigenvalue weighted by atomic mass is 9.93. The van der Waals surface area contributed by atoms with Crippen molar-refractivity contribution in [1.29, 1.82) is 0 Å². The topological polar surface area (TPSA) is 92.9 Å². The van der Waals surface area contributed by atoms with Gasteiger partial charge in [-0.3, -0.25) is 4.79 Å². The lowest BCUT2D eigenvalue weighted by molar-refractivity contribution is -0.140. The van der Waals surface area contributed by atoms with Gasteiger partial charge in [0.2, 0.25) is 0 Å². The molecule has 1 amide bonds. The van der Waals surface area contributed by atoms with E-state index >= 15 is 0 Å². The summed E-state index contributed by atoms with van der Waals surface area (Å²) in [6, 6.07) is 24.6. The summed E-state index contributed by atoms with van der Waals surface area (Å²) in [4.78, 5) is 25.8. The normalized spacial score (nSPS) is 13.7. The molecule has 0 unspecified atom stereocenters. The van der Waals surface area contributed by atoms with Gasteiger partial charge >= 0.3 is 12.1 Å². The van der Waals surface area contributed by atoms with E-state index in [2.05, 4.69) is 5.16 Å². The monoisotopic (exact) mass is 468 g/mol. The second-order valence-electron chi connectivity index (χ2n) is 8.45. The number of anilines is 2. The summed E-state index contributed by atoms with van der Waals surface area (Å²) < 4.78 is 10.8. The average Bonchev–Trinajstić information content (AvgIpc) is 3.58. The van der Waals surface area contributed by atoms with Crippen molar-refractivity contribution in [2.75, 3.05) is 11.5 Å². The maximum Gasteiger partial charge on any atom is 0.419 e. The van der Waals surface area contributed by atoms with E-state index in [9.17, 15) is 14.7 Å². The number of aliphatic carboxylic acids is 1. The Labute approximate surface area is 202 Å². The van der Waals surface area contributed by atoms with E-state index in [4.69, 9.17) is 9.26 Å². The highest BCUT2D eigenvalue weighted by Gasteiger charge is 2.51. The molecule has 1 N–H and O–H groups in total. The fourth-order valence-electron chi connectivity index (χ4n) is 4.25. The summed E-state index contributed by atoms with van der Waals surface area (Å²) in [5.41, 5.74) is 3.97. The van der Waals surface area contributed by atoms with Crippen molar-refractivity contribution in [2.45, 2.75) is 25.2 Å². The molecular formula is C28H24N2O5. The Morgan fingerprint density at radius 2 is 1.54 bits per heavy atom. The van der Waals surface area contributed by atoms with Crippen LogP contribution in [0.2, 0.25) is 0 Å². The second kappa shape index (κ2) is 9.10. The van der Waals surface area contributed by atoms with Crippen molar-refractivity contribution < 1.29 is 24.0 Å². The Morgan fingerprint density at radius 1 is 0.943 bits per heavy atom. The van der Waals surface area contributed by atoms with Crippen LogP contribution in [0.5, 0.6) is 0 Å². The van der Waals surface area contributed by atoms with Gasteiger partial charge in [-0.2, -0.15) is 0 Å². The van der Waals surface area contributed by atoms with Gasteiger partial charge in [0.25, 0.3) is 0 Å². The number of carboxylic acids is 1. The molecule has 5 rings (SSSR count). The molecule has 0 spiro atoms. The number of carboxylic acid groups (broad SMARTS) is 1. The van der Waals surface area contributed by atoms with Crippen LogP contribution in [0.3, 0.4) is 0 Å². The first-order valence-corrected chi connectivity index (χ1v) is 11.4. The van der Waals surface area contributed by atoms with Crippen molar-refractivity contribution in [2.24, 2.45) is 0 Å². The van der Waals surface area contributed by atoms with Gasteiger partial charge in [-0.25, -0.2) is 9.69 Å². The first kappa shape index (κ1) is 22.4. The number of carbonyl (C=O) groups is 2. The Balaban J connectivity index is 1.43. The van der Waals surface area contributed by atoms with Gasteiger partial charge in [-0.1, -0.05) is 71.9 Å². The van der Waals surface area contributed by atoms with Gasteiger partial charge in [0, 0.05) is 5.56 Å². The highest BCUT2D eigenvalue weighted by atomic mass is 16.6. The molecule has 0 aliphatic heterocycles. The summed E-state index contributed by atoms with van der Waals surface area (Å²) in [5.74, 6) is -0.314. The van der Waals surface area contributed by atoms with Crippen LogP contribution in [0.1, 0.15) is 25.3 Å². The van der Waals surface area contributed by atoms with Crippen molar-refractivity contribution in [1.82, 2.24) is 5.16 Å². The molecule has 176 valence electrons. The molecule has 1 saturated carbocycles. The zero-order valence-corrected chi connectivity index (χ0v) is 19.2. The van der Waals surface area contributed by atoms with E-state index in [1.807, 2.05) is 78.9 Å². The van der Waals surface area contributed by atoms with Crippen LogP contribution in [-0.4, -0.2) is 28.9 Å². The summed E-state index contributed by atoms with van der Waals surface area (Å²) in [7, 11) is 0. The van der Waals surface area contributed by atoms with Crippen molar-refractivity contribution in [3.63, 3.8) is 0 Å². The minimum Gasteiger partial charge on any atom is -0.481 e. The zero-order chi connectivity index (χ0) is 24.4. The van der Waals surface area contributed by atoms with Gasteiger partial charge in [-0.15, -0.1) is 0 Å². The minimum absolute atomic E-state index is 0.240. The van der Waals surface area contributed by atoms with Crippen molar-refractivity contribution in [3.8, 4) is 22.5 Å². The molecule has 0 atom stereocenters. The van der Waals surface area contributed by atoms with Crippen LogP contribution in [0, 0.1) is 0 Å². The molecule has 1 aliphatic carbocycles. The van der Waals surface area contributed by atoms with E-state index in [0.29, 0.717) is 30.0 Å². The number of hydrogen-bond donors (Lipinski definition) is 1. The Morgan fingerprint density at radius 3 is 2.11 bits per heavy atom. The maximum atomic E-state index is 12.8. The van der Waals surface area contributed by atoms with E-state index in [-0.39, 0.29) is 6.61 Å². The first-order valence-electron chi connectivity index (χ1n) is 11.4. The van der Waals surface area contributed by atoms with Gasteiger partial charge in [-0.05, 0) is 48.6 Å². The first-order chi connectivity index (χ1) is 17.0. The van der Waals surface area contributed by atoms with Crippen molar-refractivity contribution in [3.05, 3.63) is 90.6 Å². The van der Waals surface area contributed by atoms with Crippen molar-refractivity contribution >= 4 is 23.4 Å². The predicted octanol–water partition coefficient (Wildman–Crippen LogP) is 6.42. The molecule has 7 nitrogen and oxygen atoms in total. The van der Waals surface area contributed by atoms with Crippen LogP contribution in [0.4, 0.5) is 16.2 Å². The number of benzene rings is 3. The Kier molecular flexibility index (Phi) is 5.82. The lowest BCUT2D eigenvalue weighted by Crippen LogP contribution is -2.26. The summed E-state index contributed by atoms with van der Waals surface area (Å²) >= 11 is 0. The molecule has 4 aromatic rings. The Bertz CT molecular complexity index is 1340. The third kappa shape index (κ3) is 4.17. The smallest absolute Gasteiger partial charge is 0.419 e. The number of para-hydroxylation sites is 1. The van der Waals surface area contributed by atoms with E-state index in [0.717, 1.165) is 22.3 Å². The summed E-state index contributed by atoms with van der Waals surface area (Å²) in [6.45, 7) is 2.00.